The molecule has 4 aromatic rings. The first kappa shape index (κ1) is 29.8. The highest BCUT2D eigenvalue weighted by atomic mass is 32.7. The van der Waals surface area contributed by atoms with E-state index in [4.69, 9.17) is 39.0 Å². The molecule has 4 aromatic heterocycles. The van der Waals surface area contributed by atoms with E-state index in [2.05, 4.69) is 42.2 Å². The summed E-state index contributed by atoms with van der Waals surface area (Å²) in [6.07, 6.45) is -9.02. The first-order valence-electron chi connectivity index (χ1n) is 12.7. The highest BCUT2D eigenvalue weighted by Crippen LogP contribution is 2.58. The minimum atomic E-state index is -5.08. The number of fused-ring (bicyclic) bond motifs is 4. The minimum Gasteiger partial charge on any atom is -0.382 e. The van der Waals surface area contributed by atoms with Gasteiger partial charge in [0.15, 0.2) is 47.7 Å². The topological polar surface area (TPSA) is 249 Å². The lowest BCUT2D eigenvalue weighted by molar-refractivity contribution is -0.0605. The third-order valence-corrected chi connectivity index (χ3v) is 9.77. The fourth-order valence-electron chi connectivity index (χ4n) is 5.17. The van der Waals surface area contributed by atoms with Crippen LogP contribution in [0.1, 0.15) is 12.5 Å². The van der Waals surface area contributed by atoms with Gasteiger partial charge in [-0.2, -0.15) is 0 Å². The Kier molecular flexibility index (Phi) is 7.35. The van der Waals surface area contributed by atoms with Gasteiger partial charge in [-0.3, -0.25) is 27.2 Å². The molecular weight excluding hydrogens is 656 g/mol. The minimum absolute atomic E-state index is 0.0226. The Hall–Kier alpha value is -2.91. The Labute approximate surface area is 249 Å². The summed E-state index contributed by atoms with van der Waals surface area (Å²) in [5.74, 6) is 0.0501. The van der Waals surface area contributed by atoms with E-state index in [1.54, 1.807) is 0 Å². The number of halogens is 2. The van der Waals surface area contributed by atoms with Crippen LogP contribution in [0.4, 0.5) is 20.4 Å². The van der Waals surface area contributed by atoms with Crippen molar-refractivity contribution in [2.75, 3.05) is 24.7 Å². The second kappa shape index (κ2) is 10.9. The molecule has 7 heterocycles. The van der Waals surface area contributed by atoms with Crippen LogP contribution in [0.3, 0.4) is 0 Å². The summed E-state index contributed by atoms with van der Waals surface area (Å²) in [6, 6.07) is 0. The standard InChI is InChI=1S/C20H22F2N10O9P2S/c21-9-13-8(39-19(9)31-5-29-11-15(23)25-3-27-17(11)31)2-37-43(35,44)41-14-7(1-36-42(33,34)40-13)38-20(10(14)22)32-6-30-12-16(24)26-4-28-18(12)32/h3-10,13-14,19-20H,1-2H2,(H,33,34)(H,35,44)(H2,23,25,27)(H2,24,26,28)/t7-,8?,9-,10-,13-,14-,19-,20-,43-/m1/s1. The van der Waals surface area contributed by atoms with Gasteiger partial charge in [0.1, 0.15) is 48.1 Å². The molecule has 0 saturated carbocycles. The summed E-state index contributed by atoms with van der Waals surface area (Å²) in [4.78, 5) is 34.4. The molecule has 0 spiro atoms. The number of aromatic nitrogens is 8. The van der Waals surface area contributed by atoms with E-state index >= 15 is 8.78 Å². The monoisotopic (exact) mass is 678 g/mol. The Morgan fingerprint density at radius 1 is 0.795 bits per heavy atom. The van der Waals surface area contributed by atoms with Crippen LogP contribution in [0.5, 0.6) is 0 Å². The summed E-state index contributed by atoms with van der Waals surface area (Å²) in [6.45, 7) is -5.98. The number of nitrogens with zero attached hydrogens (tertiary/aromatic N) is 8. The predicted molar refractivity (Wildman–Crippen MR) is 145 cm³/mol. The number of rotatable bonds is 2. The van der Waals surface area contributed by atoms with Gasteiger partial charge in [-0.1, -0.05) is 12.2 Å². The van der Waals surface area contributed by atoms with Gasteiger partial charge >= 0.3 is 14.6 Å². The summed E-state index contributed by atoms with van der Waals surface area (Å²) in [7, 11) is -5.08. The first-order chi connectivity index (χ1) is 20.9. The van der Waals surface area contributed by atoms with Crippen molar-refractivity contribution in [1.82, 2.24) is 39.0 Å². The molecule has 3 aliphatic heterocycles. The molecule has 19 nitrogen and oxygen atoms in total. The molecule has 0 bridgehead atoms. The molecule has 2 unspecified atom stereocenters. The van der Waals surface area contributed by atoms with Crippen LogP contribution >= 0.6 is 26.9 Å². The second-order valence-electron chi connectivity index (χ2n) is 9.85. The van der Waals surface area contributed by atoms with Gasteiger partial charge in [-0.05, 0) is 0 Å². The highest BCUT2D eigenvalue weighted by Gasteiger charge is 2.54. The van der Waals surface area contributed by atoms with Crippen molar-refractivity contribution >= 4 is 60.8 Å². The lowest BCUT2D eigenvalue weighted by Crippen LogP contribution is -2.37. The molecule has 236 valence electrons. The molecule has 0 aliphatic carbocycles. The number of imidazole rings is 2. The van der Waals surface area contributed by atoms with Crippen molar-refractivity contribution in [1.29, 1.82) is 0 Å². The molecule has 0 amide bonds. The molecular formula is C20H22F2N10O9P2S. The van der Waals surface area contributed by atoms with Crippen LogP contribution in [-0.2, 0) is 36.7 Å². The van der Waals surface area contributed by atoms with Crippen molar-refractivity contribution in [3.05, 3.63) is 25.3 Å². The second-order valence-corrected chi connectivity index (χ2v) is 14.1. The Balaban J connectivity index is 1.17. The van der Waals surface area contributed by atoms with E-state index in [0.717, 1.165) is 12.7 Å². The zero-order valence-electron chi connectivity index (χ0n) is 21.9. The lowest BCUT2D eigenvalue weighted by Gasteiger charge is -2.27. The zero-order chi connectivity index (χ0) is 31.0. The quantitative estimate of drug-likeness (QED) is 0.172. The number of phosphoric acid groups is 1. The van der Waals surface area contributed by atoms with Gasteiger partial charge in [0.25, 0.3) is 0 Å². The molecule has 24 heteroatoms. The normalized spacial score (nSPS) is 38.3. The number of phosphoric ester groups is 1. The van der Waals surface area contributed by atoms with Gasteiger partial charge in [0, 0.05) is 0 Å². The molecule has 7 rings (SSSR count). The van der Waals surface area contributed by atoms with Gasteiger partial charge < -0.3 is 25.8 Å². The molecule has 3 saturated heterocycles. The maximum Gasteiger partial charge on any atom is 0.472 e. The predicted octanol–water partition coefficient (Wildman–Crippen LogP) is 1.26. The van der Waals surface area contributed by atoms with Gasteiger partial charge in [-0.25, -0.2) is 47.8 Å². The SMILES string of the molecule is Nc1ncnc2c1ncn2[C@@H]1O[C@@H]2COP(=O)(O)O[C@@H]3C(CO[P@@](=O)(S)O[C@H]2[C@H]1F)O[C@@H](n1cnc2c(N)ncnc21)[C@@H]3F. The van der Waals surface area contributed by atoms with Crippen LogP contribution in [0.2, 0.25) is 0 Å². The average Bonchev–Trinajstić information content (AvgIpc) is 3.73. The molecule has 0 aromatic carbocycles. The Morgan fingerprint density at radius 2 is 1.27 bits per heavy atom. The number of nitrogen functional groups attached to an aromatic ring is 2. The van der Waals surface area contributed by atoms with Crippen LogP contribution < -0.4 is 11.5 Å². The molecule has 5 N–H and O–H groups in total. The van der Waals surface area contributed by atoms with E-state index in [1.165, 1.54) is 21.8 Å². The summed E-state index contributed by atoms with van der Waals surface area (Å²) < 4.78 is 93.0. The van der Waals surface area contributed by atoms with Crippen molar-refractivity contribution in [3.63, 3.8) is 0 Å². The van der Waals surface area contributed by atoms with Crippen molar-refractivity contribution < 1.29 is 50.4 Å². The van der Waals surface area contributed by atoms with Crippen LogP contribution in [0.15, 0.2) is 25.3 Å². The Bertz CT molecular complexity index is 1710. The van der Waals surface area contributed by atoms with Crippen molar-refractivity contribution in [2.24, 2.45) is 0 Å². The number of hydrogen-bond acceptors (Lipinski definition) is 16. The smallest absolute Gasteiger partial charge is 0.382 e. The molecule has 3 fully saturated rings. The van der Waals surface area contributed by atoms with E-state index < -0.39 is 77.0 Å². The van der Waals surface area contributed by atoms with Crippen LogP contribution in [0, 0.1) is 0 Å². The van der Waals surface area contributed by atoms with Gasteiger partial charge in [0.2, 0.25) is 0 Å². The van der Waals surface area contributed by atoms with Gasteiger partial charge in [-0.15, -0.1) is 0 Å². The van der Waals surface area contributed by atoms with E-state index in [0.29, 0.717) is 0 Å². The average molecular weight is 678 g/mol. The van der Waals surface area contributed by atoms with Crippen LogP contribution in [0.25, 0.3) is 22.3 Å². The number of thiol groups is 1. The maximum absolute atomic E-state index is 15.9. The summed E-state index contributed by atoms with van der Waals surface area (Å²) in [5, 5.41) is 0. The first-order valence-corrected chi connectivity index (χ1v) is 16.9. The molecule has 0 radical (unpaired) electrons. The summed E-state index contributed by atoms with van der Waals surface area (Å²) >= 11 is 3.96. The molecule has 3 aliphatic rings. The summed E-state index contributed by atoms with van der Waals surface area (Å²) in [5.41, 5.74) is 12.1. The van der Waals surface area contributed by atoms with Crippen LogP contribution in [-0.4, -0.2) is 93.9 Å². The van der Waals surface area contributed by atoms with Crippen molar-refractivity contribution in [3.8, 4) is 0 Å². The fraction of sp³-hybridized carbons (Fsp3) is 0.500. The number of ether oxygens (including phenoxy) is 2. The zero-order valence-corrected chi connectivity index (χ0v) is 24.6. The highest BCUT2D eigenvalue weighted by molar-refractivity contribution is 8.44. The van der Waals surface area contributed by atoms with E-state index in [1.807, 2.05) is 0 Å². The fourth-order valence-corrected chi connectivity index (χ4v) is 7.61. The number of hydrogen-bond donors (Lipinski definition) is 4. The van der Waals surface area contributed by atoms with Gasteiger partial charge in [0.05, 0.1) is 25.9 Å². The van der Waals surface area contributed by atoms with Crippen molar-refractivity contribution in [2.45, 2.75) is 49.2 Å². The number of nitrogens with two attached hydrogens (primary N) is 2. The third kappa shape index (κ3) is 5.14. The molecule has 10 atom stereocenters. The molecule has 44 heavy (non-hydrogen) atoms. The van der Waals surface area contributed by atoms with E-state index in [-0.39, 0.29) is 34.0 Å². The maximum atomic E-state index is 15.9. The third-order valence-electron chi connectivity index (χ3n) is 7.17. The lowest BCUT2D eigenvalue weighted by atomic mass is 10.1. The number of anilines is 2. The largest absolute Gasteiger partial charge is 0.472 e. The Morgan fingerprint density at radius 3 is 1.80 bits per heavy atom. The van der Waals surface area contributed by atoms with E-state index in [9.17, 15) is 14.0 Å². The number of alkyl halides is 2.